The Morgan fingerprint density at radius 1 is 1.32 bits per heavy atom. The molecule has 1 N–H and O–H groups in total. The van der Waals surface area contributed by atoms with Crippen LogP contribution in [0.4, 0.5) is 4.39 Å². The average Bonchev–Trinajstić information content (AvgIpc) is 2.94. The number of aromatic amines is 1. The van der Waals surface area contributed by atoms with Crippen LogP contribution in [0.3, 0.4) is 0 Å². The highest BCUT2D eigenvalue weighted by atomic mass is 32.2. The number of nitrogens with zero attached hydrogens (tertiary/aromatic N) is 2. The van der Waals surface area contributed by atoms with Crippen molar-refractivity contribution >= 4 is 10.0 Å². The molecule has 0 aliphatic carbocycles. The van der Waals surface area contributed by atoms with Gasteiger partial charge in [-0.3, -0.25) is 5.10 Å². The van der Waals surface area contributed by atoms with Crippen LogP contribution < -0.4 is 4.74 Å². The summed E-state index contributed by atoms with van der Waals surface area (Å²) in [5.41, 5.74) is 1.05. The number of halogens is 1. The molecule has 6 nitrogen and oxygen atoms in total. The van der Waals surface area contributed by atoms with Crippen LogP contribution in [0.5, 0.6) is 5.75 Å². The van der Waals surface area contributed by atoms with Crippen LogP contribution >= 0.6 is 0 Å². The van der Waals surface area contributed by atoms with E-state index < -0.39 is 10.0 Å². The molecule has 25 heavy (non-hydrogen) atoms. The molecule has 1 aromatic heterocycles. The zero-order valence-electron chi connectivity index (χ0n) is 14.3. The molecular weight excluding hydrogens is 345 g/mol. The first-order chi connectivity index (χ1) is 11.9. The van der Waals surface area contributed by atoms with Gasteiger partial charge in [-0.25, -0.2) is 12.8 Å². The minimum Gasteiger partial charge on any atom is -0.493 e. The minimum absolute atomic E-state index is 0.0982. The minimum atomic E-state index is -3.57. The summed E-state index contributed by atoms with van der Waals surface area (Å²) in [6.45, 7) is 4.72. The third-order valence-electron chi connectivity index (χ3n) is 4.44. The van der Waals surface area contributed by atoms with Crippen LogP contribution in [0.2, 0.25) is 0 Å². The van der Waals surface area contributed by atoms with E-state index in [1.807, 2.05) is 0 Å². The number of H-pyrrole nitrogens is 1. The first-order valence-corrected chi connectivity index (χ1v) is 9.72. The number of hydrogen-bond acceptors (Lipinski definition) is 4. The van der Waals surface area contributed by atoms with E-state index >= 15 is 0 Å². The maximum absolute atomic E-state index is 12.9. The summed E-state index contributed by atoms with van der Waals surface area (Å²) in [5.74, 6) is 0.372. The Hall–Kier alpha value is -1.93. The molecule has 8 heteroatoms. The van der Waals surface area contributed by atoms with Crippen molar-refractivity contribution in [2.24, 2.45) is 5.92 Å². The van der Waals surface area contributed by atoms with Crippen LogP contribution in [0.15, 0.2) is 29.2 Å². The van der Waals surface area contributed by atoms with Gasteiger partial charge in [-0.05, 0) is 51.0 Å². The number of hydrogen-bond donors (Lipinski definition) is 1. The first kappa shape index (κ1) is 17.9. The fraction of sp³-hybridized carbons (Fsp3) is 0.471. The molecule has 0 bridgehead atoms. The SMILES string of the molecule is Cc1n[nH]c(C)c1S(=O)(=O)N1CCCC(COc2ccc(F)cc2)C1. The van der Waals surface area contributed by atoms with E-state index in [9.17, 15) is 12.8 Å². The topological polar surface area (TPSA) is 75.3 Å². The lowest BCUT2D eigenvalue weighted by atomic mass is 10.0. The van der Waals surface area contributed by atoms with E-state index in [0.717, 1.165) is 12.8 Å². The highest BCUT2D eigenvalue weighted by Crippen LogP contribution is 2.27. The second-order valence-corrected chi connectivity index (χ2v) is 8.27. The van der Waals surface area contributed by atoms with Gasteiger partial charge >= 0.3 is 0 Å². The third-order valence-corrected chi connectivity index (χ3v) is 6.57. The summed E-state index contributed by atoms with van der Waals surface area (Å²) in [5, 5.41) is 6.73. The number of aryl methyl sites for hydroxylation is 2. The molecule has 1 unspecified atom stereocenters. The van der Waals surface area contributed by atoms with E-state index in [1.165, 1.54) is 16.4 Å². The summed E-state index contributed by atoms with van der Waals surface area (Å²) in [7, 11) is -3.57. The molecule has 2 heterocycles. The molecule has 3 rings (SSSR count). The van der Waals surface area contributed by atoms with Crippen molar-refractivity contribution < 1.29 is 17.5 Å². The monoisotopic (exact) mass is 367 g/mol. The van der Waals surface area contributed by atoms with Crippen molar-refractivity contribution in [3.63, 3.8) is 0 Å². The van der Waals surface area contributed by atoms with Crippen molar-refractivity contribution in [2.45, 2.75) is 31.6 Å². The Morgan fingerprint density at radius 2 is 2.04 bits per heavy atom. The molecule has 2 aromatic rings. The van der Waals surface area contributed by atoms with Crippen LogP contribution in [0.25, 0.3) is 0 Å². The van der Waals surface area contributed by atoms with Gasteiger partial charge in [0.05, 0.1) is 18.0 Å². The van der Waals surface area contributed by atoms with Crippen molar-refractivity contribution in [1.82, 2.24) is 14.5 Å². The highest BCUT2D eigenvalue weighted by molar-refractivity contribution is 7.89. The Morgan fingerprint density at radius 3 is 2.68 bits per heavy atom. The molecule has 1 aliphatic rings. The molecule has 0 saturated carbocycles. The Balaban J connectivity index is 1.67. The van der Waals surface area contributed by atoms with Crippen molar-refractivity contribution in [3.05, 3.63) is 41.5 Å². The van der Waals surface area contributed by atoms with E-state index in [-0.39, 0.29) is 16.6 Å². The normalized spacial score (nSPS) is 19.1. The largest absolute Gasteiger partial charge is 0.493 e. The number of aromatic nitrogens is 2. The van der Waals surface area contributed by atoms with Gasteiger partial charge in [-0.1, -0.05) is 0 Å². The molecule has 0 spiro atoms. The molecular formula is C17H22FN3O3S. The molecule has 136 valence electrons. The van der Waals surface area contributed by atoms with Crippen molar-refractivity contribution in [2.75, 3.05) is 19.7 Å². The average molecular weight is 367 g/mol. The second-order valence-electron chi connectivity index (χ2n) is 6.40. The molecule has 1 saturated heterocycles. The predicted octanol–water partition coefficient (Wildman–Crippen LogP) is 2.65. The molecule has 0 amide bonds. The number of benzene rings is 1. The van der Waals surface area contributed by atoms with Gasteiger partial charge in [0, 0.05) is 19.0 Å². The smallest absolute Gasteiger partial charge is 0.246 e. The highest BCUT2D eigenvalue weighted by Gasteiger charge is 2.33. The summed E-state index contributed by atoms with van der Waals surface area (Å²) in [6.07, 6.45) is 1.68. The van der Waals surface area contributed by atoms with Crippen LogP contribution in [-0.2, 0) is 10.0 Å². The molecule has 1 aromatic carbocycles. The second kappa shape index (κ2) is 7.13. The van der Waals surface area contributed by atoms with Gasteiger partial charge in [0.1, 0.15) is 16.5 Å². The quantitative estimate of drug-likeness (QED) is 0.882. The van der Waals surface area contributed by atoms with Gasteiger partial charge in [-0.2, -0.15) is 9.40 Å². The number of nitrogens with one attached hydrogen (secondary N) is 1. The van der Waals surface area contributed by atoms with Gasteiger partial charge in [0.15, 0.2) is 0 Å². The number of rotatable bonds is 5. The summed E-state index contributed by atoms with van der Waals surface area (Å²) in [6, 6.07) is 5.84. The van der Waals surface area contributed by atoms with Crippen molar-refractivity contribution in [3.8, 4) is 5.75 Å². The lowest BCUT2D eigenvalue weighted by molar-refractivity contribution is 0.180. The van der Waals surface area contributed by atoms with Gasteiger partial charge in [-0.15, -0.1) is 0 Å². The van der Waals surface area contributed by atoms with Crippen LogP contribution in [0, 0.1) is 25.6 Å². The fourth-order valence-electron chi connectivity index (χ4n) is 3.18. The zero-order valence-corrected chi connectivity index (χ0v) is 15.1. The van der Waals surface area contributed by atoms with Gasteiger partial charge in [0.2, 0.25) is 10.0 Å². The Bertz CT molecular complexity index is 814. The molecule has 1 aliphatic heterocycles. The van der Waals surface area contributed by atoms with Gasteiger partial charge in [0.25, 0.3) is 0 Å². The van der Waals surface area contributed by atoms with Crippen molar-refractivity contribution in [1.29, 1.82) is 0 Å². The number of ether oxygens (including phenoxy) is 1. The molecule has 1 fully saturated rings. The van der Waals surface area contributed by atoms with Crippen LogP contribution in [0.1, 0.15) is 24.2 Å². The maximum atomic E-state index is 12.9. The number of piperidine rings is 1. The Labute approximate surface area is 147 Å². The molecule has 1 atom stereocenters. The standard InChI is InChI=1S/C17H22FN3O3S/c1-12-17(13(2)20-19-12)25(22,23)21-9-3-4-14(10-21)11-24-16-7-5-15(18)6-8-16/h5-8,14H,3-4,9-11H2,1-2H3,(H,19,20). The summed E-state index contributed by atoms with van der Waals surface area (Å²) in [4.78, 5) is 0.271. The lowest BCUT2D eigenvalue weighted by Crippen LogP contribution is -2.41. The maximum Gasteiger partial charge on any atom is 0.246 e. The lowest BCUT2D eigenvalue weighted by Gasteiger charge is -2.31. The van der Waals surface area contributed by atoms with E-state index in [1.54, 1.807) is 26.0 Å². The van der Waals surface area contributed by atoms with Gasteiger partial charge < -0.3 is 4.74 Å². The first-order valence-electron chi connectivity index (χ1n) is 8.28. The van der Waals surface area contributed by atoms with E-state index in [0.29, 0.717) is 36.8 Å². The fourth-order valence-corrected chi connectivity index (χ4v) is 5.06. The zero-order chi connectivity index (χ0) is 18.0. The summed E-state index contributed by atoms with van der Waals surface area (Å²) >= 11 is 0. The predicted molar refractivity (Wildman–Crippen MR) is 91.4 cm³/mol. The Kier molecular flexibility index (Phi) is 5.10. The van der Waals surface area contributed by atoms with E-state index in [4.69, 9.17) is 4.74 Å². The van der Waals surface area contributed by atoms with Crippen LogP contribution in [-0.4, -0.2) is 42.6 Å². The molecule has 0 radical (unpaired) electrons. The number of sulfonamides is 1. The summed E-state index contributed by atoms with van der Waals surface area (Å²) < 4.78 is 46.0. The van der Waals surface area contributed by atoms with E-state index in [2.05, 4.69) is 10.2 Å². The third kappa shape index (κ3) is 3.85.